The number of aromatic nitrogens is 1. The number of hydrogen-bond acceptors (Lipinski definition) is 6. The minimum absolute atomic E-state index is 0.0403. The number of ether oxygens (including phenoxy) is 1. The first kappa shape index (κ1) is 20.8. The van der Waals surface area contributed by atoms with Gasteiger partial charge < -0.3 is 10.1 Å². The lowest BCUT2D eigenvalue weighted by Crippen LogP contribution is -2.18. The molecule has 1 aromatic heterocycles. The number of pyridine rings is 1. The van der Waals surface area contributed by atoms with E-state index in [9.17, 15) is 9.59 Å². The van der Waals surface area contributed by atoms with E-state index in [0.29, 0.717) is 16.3 Å². The van der Waals surface area contributed by atoms with E-state index < -0.39 is 12.0 Å². The van der Waals surface area contributed by atoms with Crippen LogP contribution in [0.2, 0.25) is 5.02 Å². The van der Waals surface area contributed by atoms with Crippen molar-refractivity contribution >= 4 is 42.0 Å². The van der Waals surface area contributed by atoms with E-state index in [1.807, 2.05) is 0 Å². The first-order valence-electron chi connectivity index (χ1n) is 7.94. The van der Waals surface area contributed by atoms with Crippen LogP contribution in [0, 0.1) is 11.8 Å². The van der Waals surface area contributed by atoms with Gasteiger partial charge in [0, 0.05) is 22.5 Å². The average Bonchev–Trinajstić information content (AvgIpc) is 2.68. The summed E-state index contributed by atoms with van der Waals surface area (Å²) in [6.45, 7) is 1.73. The van der Waals surface area contributed by atoms with Crippen molar-refractivity contribution in [1.29, 1.82) is 0 Å². The zero-order valence-electron chi connectivity index (χ0n) is 14.7. The van der Waals surface area contributed by atoms with Gasteiger partial charge in [-0.15, -0.1) is 5.92 Å². The lowest BCUT2D eigenvalue weighted by molar-refractivity contribution is -0.141. The minimum atomic E-state index is -0.477. The number of esters is 1. The van der Waals surface area contributed by atoms with Gasteiger partial charge in [-0.3, -0.25) is 14.3 Å². The van der Waals surface area contributed by atoms with Gasteiger partial charge in [0.05, 0.1) is 19.6 Å². The number of methoxy groups -OCH3 is 1. The second-order valence-electron chi connectivity index (χ2n) is 5.46. The topological polar surface area (TPSA) is 80.3 Å². The fourth-order valence-electron chi connectivity index (χ4n) is 2.31. The highest BCUT2D eigenvalue weighted by Crippen LogP contribution is 2.29. The Balaban J connectivity index is 2.19. The molecule has 0 bridgehead atoms. The number of carbonyl (C=O) groups excluding carboxylic acids is 2. The van der Waals surface area contributed by atoms with Gasteiger partial charge in [0.25, 0.3) is 5.91 Å². The third kappa shape index (κ3) is 5.73. The van der Waals surface area contributed by atoms with Crippen LogP contribution in [-0.4, -0.2) is 24.0 Å². The van der Waals surface area contributed by atoms with Gasteiger partial charge in [-0.2, -0.15) is 0 Å². The van der Waals surface area contributed by atoms with Crippen molar-refractivity contribution in [3.05, 3.63) is 58.4 Å². The lowest BCUT2D eigenvalue weighted by Gasteiger charge is -2.17. The number of amides is 1. The number of halogens is 1. The summed E-state index contributed by atoms with van der Waals surface area (Å²) in [7, 11) is 1.31. The van der Waals surface area contributed by atoms with E-state index in [-0.39, 0.29) is 18.0 Å². The van der Waals surface area contributed by atoms with E-state index in [0.717, 1.165) is 5.56 Å². The van der Waals surface area contributed by atoms with Crippen molar-refractivity contribution in [3.8, 4) is 11.8 Å². The lowest BCUT2D eigenvalue weighted by atomic mass is 10.0. The Kier molecular flexibility index (Phi) is 7.67. The third-order valence-corrected chi connectivity index (χ3v) is 4.30. The Morgan fingerprint density at radius 2 is 2.11 bits per heavy atom. The van der Waals surface area contributed by atoms with E-state index in [2.05, 4.69) is 44.4 Å². The Morgan fingerprint density at radius 3 is 2.70 bits per heavy atom. The van der Waals surface area contributed by atoms with Crippen molar-refractivity contribution in [1.82, 2.24) is 9.71 Å². The normalized spacial score (nSPS) is 11.1. The molecule has 2 N–H and O–H groups in total. The molecule has 2 aromatic rings. The van der Waals surface area contributed by atoms with Crippen LogP contribution in [0.3, 0.4) is 0 Å². The van der Waals surface area contributed by atoms with E-state index in [1.165, 1.54) is 13.3 Å². The average molecular weight is 404 g/mol. The Bertz CT molecular complexity index is 891. The van der Waals surface area contributed by atoms with E-state index in [4.69, 9.17) is 11.6 Å². The molecule has 1 unspecified atom stereocenters. The summed E-state index contributed by atoms with van der Waals surface area (Å²) in [6, 6.07) is 7.82. The van der Waals surface area contributed by atoms with Gasteiger partial charge in [0.15, 0.2) is 0 Å². The third-order valence-electron chi connectivity index (χ3n) is 3.65. The van der Waals surface area contributed by atoms with Crippen LogP contribution in [0.4, 0.5) is 5.69 Å². The maximum atomic E-state index is 12.4. The molecule has 1 heterocycles. The van der Waals surface area contributed by atoms with Gasteiger partial charge in [-0.1, -0.05) is 30.3 Å². The molecule has 0 radical (unpaired) electrons. The summed E-state index contributed by atoms with van der Waals surface area (Å²) in [6.07, 6.45) is 1.58. The van der Waals surface area contributed by atoms with Gasteiger partial charge in [0.2, 0.25) is 0 Å². The largest absolute Gasteiger partial charge is 0.469 e. The molecule has 0 aliphatic heterocycles. The monoisotopic (exact) mass is 403 g/mol. The molecule has 0 fully saturated rings. The SMILES string of the molecule is CC#Cc1ccc(C(=O)Nc2ccc(Cl)c(C(CC(=O)OC)NS)c2)nc1. The summed E-state index contributed by atoms with van der Waals surface area (Å²) < 4.78 is 7.41. The highest BCUT2D eigenvalue weighted by Gasteiger charge is 2.19. The maximum absolute atomic E-state index is 12.4. The molecule has 1 amide bonds. The summed E-state index contributed by atoms with van der Waals surface area (Å²) in [5, 5.41) is 3.19. The number of anilines is 1. The van der Waals surface area contributed by atoms with Crippen molar-refractivity contribution < 1.29 is 14.3 Å². The van der Waals surface area contributed by atoms with Gasteiger partial charge in [-0.25, -0.2) is 4.98 Å². The first-order chi connectivity index (χ1) is 13.0. The predicted octanol–water partition coefficient (Wildman–Crippen LogP) is 3.40. The summed E-state index contributed by atoms with van der Waals surface area (Å²) in [4.78, 5) is 28.1. The smallest absolute Gasteiger partial charge is 0.307 e. The second kappa shape index (κ2) is 9.97. The fraction of sp³-hybridized carbons (Fsp3) is 0.211. The molecule has 0 spiro atoms. The van der Waals surface area contributed by atoms with Crippen LogP contribution in [-0.2, 0) is 9.53 Å². The Hall–Kier alpha value is -2.53. The van der Waals surface area contributed by atoms with Crippen molar-refractivity contribution in [2.75, 3.05) is 12.4 Å². The Labute approximate surface area is 168 Å². The van der Waals surface area contributed by atoms with Crippen LogP contribution in [0.1, 0.15) is 41.0 Å². The molecule has 27 heavy (non-hydrogen) atoms. The molecule has 2 rings (SSSR count). The van der Waals surface area contributed by atoms with E-state index >= 15 is 0 Å². The zero-order valence-corrected chi connectivity index (χ0v) is 16.4. The second-order valence-corrected chi connectivity index (χ2v) is 6.12. The van der Waals surface area contributed by atoms with Crippen molar-refractivity contribution in [2.24, 2.45) is 0 Å². The number of benzene rings is 1. The molecule has 140 valence electrons. The molecule has 0 aliphatic rings. The maximum Gasteiger partial charge on any atom is 0.307 e. The van der Waals surface area contributed by atoms with Crippen LogP contribution in [0.25, 0.3) is 0 Å². The summed E-state index contributed by atoms with van der Waals surface area (Å²) >= 11 is 10.3. The van der Waals surface area contributed by atoms with Gasteiger partial charge in [0.1, 0.15) is 5.69 Å². The number of carbonyl (C=O) groups is 2. The number of nitrogens with one attached hydrogen (secondary N) is 2. The number of rotatable bonds is 6. The number of nitrogens with zero attached hydrogens (tertiary/aromatic N) is 1. The molecule has 0 saturated carbocycles. The van der Waals surface area contributed by atoms with Crippen LogP contribution < -0.4 is 10.0 Å². The molecule has 0 saturated heterocycles. The van der Waals surface area contributed by atoms with Crippen LogP contribution >= 0.6 is 24.4 Å². The highest BCUT2D eigenvalue weighted by atomic mass is 35.5. The molecule has 1 aromatic carbocycles. The predicted molar refractivity (Wildman–Crippen MR) is 108 cm³/mol. The number of thiol groups is 1. The molecular formula is C19H18ClN3O3S. The van der Waals surface area contributed by atoms with Crippen LogP contribution in [0.15, 0.2) is 36.5 Å². The first-order valence-corrected chi connectivity index (χ1v) is 8.77. The quantitative estimate of drug-likeness (QED) is 0.391. The minimum Gasteiger partial charge on any atom is -0.469 e. The van der Waals surface area contributed by atoms with Crippen LogP contribution in [0.5, 0.6) is 0 Å². The number of hydrogen-bond donors (Lipinski definition) is 3. The van der Waals surface area contributed by atoms with Crippen molar-refractivity contribution in [2.45, 2.75) is 19.4 Å². The molecule has 6 nitrogen and oxygen atoms in total. The van der Waals surface area contributed by atoms with Gasteiger partial charge in [-0.05, 0) is 42.8 Å². The van der Waals surface area contributed by atoms with E-state index in [1.54, 1.807) is 37.3 Å². The highest BCUT2D eigenvalue weighted by molar-refractivity contribution is 7.78. The van der Waals surface area contributed by atoms with Crippen molar-refractivity contribution in [3.63, 3.8) is 0 Å². The Morgan fingerprint density at radius 1 is 1.33 bits per heavy atom. The zero-order chi connectivity index (χ0) is 19.8. The molecule has 0 aliphatic carbocycles. The summed E-state index contributed by atoms with van der Waals surface area (Å²) in [5.41, 5.74) is 2.10. The molecule has 8 heteroatoms. The fourth-order valence-corrected chi connectivity index (χ4v) is 2.78. The standard InChI is InChI=1S/C19H18ClN3O3S/c1-3-4-12-5-8-16(21-11-12)19(25)22-13-6-7-15(20)14(9-13)17(23-27)10-18(24)26-2/h5-9,11,17,23,27H,10H2,1-2H3,(H,22,25). The molecule has 1 atom stereocenters. The molecular weight excluding hydrogens is 386 g/mol. The summed E-state index contributed by atoms with van der Waals surface area (Å²) in [5.74, 6) is 4.85. The van der Waals surface area contributed by atoms with Gasteiger partial charge >= 0.3 is 5.97 Å².